The Hall–Kier alpha value is -7.71. The van der Waals surface area contributed by atoms with Crippen molar-refractivity contribution in [2.24, 2.45) is 0 Å². The molecule has 10 aromatic carbocycles. The van der Waals surface area contributed by atoms with Crippen molar-refractivity contribution in [3.63, 3.8) is 0 Å². The minimum atomic E-state index is -1.88. The van der Waals surface area contributed by atoms with Gasteiger partial charge in [-0.25, -0.2) is 0 Å². The molecule has 0 heterocycles. The summed E-state index contributed by atoms with van der Waals surface area (Å²) >= 11 is -5.65. The van der Waals surface area contributed by atoms with Gasteiger partial charge < -0.3 is 0 Å². The van der Waals surface area contributed by atoms with E-state index in [2.05, 4.69) is 198 Å². The van der Waals surface area contributed by atoms with Crippen LogP contribution in [0.4, 0.5) is 17.1 Å². The summed E-state index contributed by atoms with van der Waals surface area (Å²) in [5, 5.41) is 9.13. The number of carbonyl (C=O) groups excluding carboxylic acids is 3. The topological polar surface area (TPSA) is 87.3 Å². The van der Waals surface area contributed by atoms with Gasteiger partial charge in [-0.1, -0.05) is 0 Å². The molecule has 0 saturated carbocycles. The SMILES string of the molecule is O=C(Nc1ccc([As](c2ccccc2)c2ccccc2)cc1)c1cc(C(=O)Nc2ccc([As](c3ccccc3)c3ccccc3)cc2)cc(C(=O)Nc2ccc([As](c3ccccc3)c3ccccc3)cc2)c1. The molecule has 0 unspecified atom stereocenters. The summed E-state index contributed by atoms with van der Waals surface area (Å²) in [6, 6.07) is 92.1. The van der Waals surface area contributed by atoms with Crippen LogP contribution < -0.4 is 55.1 Å². The van der Waals surface area contributed by atoms with Crippen LogP contribution in [0, 0.1) is 0 Å². The average Bonchev–Trinajstić information content (AvgIpc) is 3.44. The molecule has 0 aliphatic carbocycles. The monoisotopic (exact) mass is 1120 g/mol. The Morgan fingerprint density at radius 1 is 0.222 bits per heavy atom. The van der Waals surface area contributed by atoms with Gasteiger partial charge in [0.05, 0.1) is 0 Å². The Morgan fingerprint density at radius 3 is 0.569 bits per heavy atom. The van der Waals surface area contributed by atoms with Gasteiger partial charge in [0, 0.05) is 0 Å². The van der Waals surface area contributed by atoms with Crippen LogP contribution >= 0.6 is 0 Å². The maximum atomic E-state index is 14.3. The molecule has 6 nitrogen and oxygen atoms in total. The van der Waals surface area contributed by atoms with Crippen molar-refractivity contribution < 1.29 is 14.4 Å². The number of hydrogen-bond acceptors (Lipinski definition) is 3. The fraction of sp³-hybridized carbons (Fsp3) is 0. The van der Waals surface area contributed by atoms with Gasteiger partial charge in [0.1, 0.15) is 0 Å². The van der Waals surface area contributed by atoms with Crippen LogP contribution in [0.3, 0.4) is 0 Å². The molecule has 0 saturated heterocycles. The molecule has 0 radical (unpaired) electrons. The van der Waals surface area contributed by atoms with E-state index in [1.807, 2.05) is 72.8 Å². The molecule has 72 heavy (non-hydrogen) atoms. The molecular weight excluding hydrogens is 1070 g/mol. The Balaban J connectivity index is 0.925. The molecular formula is C63H48As3N3O3. The maximum absolute atomic E-state index is 14.3. The predicted molar refractivity (Wildman–Crippen MR) is 302 cm³/mol. The van der Waals surface area contributed by atoms with E-state index in [1.54, 1.807) is 18.2 Å². The summed E-state index contributed by atoms with van der Waals surface area (Å²) in [6.07, 6.45) is 0. The quantitative estimate of drug-likeness (QED) is 0.0969. The fourth-order valence-electron chi connectivity index (χ4n) is 8.52. The second-order valence-electron chi connectivity index (χ2n) is 16.8. The molecule has 0 bridgehead atoms. The summed E-state index contributed by atoms with van der Waals surface area (Å²) in [6.45, 7) is 0. The van der Waals surface area contributed by atoms with E-state index < -0.39 is 61.7 Å². The van der Waals surface area contributed by atoms with Crippen molar-refractivity contribution in [2.45, 2.75) is 0 Å². The standard InChI is InChI=1S/C63H48As3N3O3/c70-61(67-58-37-31-55(32-38-58)64(49-19-7-1-8-20-49)50-21-9-2-10-22-50)46-43-47(62(71)68-59-39-33-56(34-40-59)65(51-23-11-3-12-24-51)52-25-13-4-14-26-52)45-48(44-46)63(72)69-60-41-35-57(36-42-60)66(53-27-15-5-16-28-53)54-29-17-6-18-30-54/h1-45H,(H,67,70)(H,68,71)(H,69,72). The first-order chi connectivity index (χ1) is 35.4. The third-order valence-electron chi connectivity index (χ3n) is 12.0. The van der Waals surface area contributed by atoms with Gasteiger partial charge in [0.25, 0.3) is 0 Å². The zero-order chi connectivity index (χ0) is 49.1. The van der Waals surface area contributed by atoms with Crippen molar-refractivity contribution in [3.05, 3.63) is 290 Å². The van der Waals surface area contributed by atoms with Crippen LogP contribution in [0.15, 0.2) is 273 Å². The normalized spacial score (nSPS) is 11.0. The van der Waals surface area contributed by atoms with Crippen LogP contribution in [0.25, 0.3) is 0 Å². The number of carbonyl (C=O) groups is 3. The molecule has 0 fully saturated rings. The molecule has 3 amide bonds. The molecule has 10 rings (SSSR count). The Morgan fingerprint density at radius 2 is 0.389 bits per heavy atom. The summed E-state index contributed by atoms with van der Waals surface area (Å²) < 4.78 is 11.5. The van der Waals surface area contributed by atoms with E-state index >= 15 is 0 Å². The molecule has 0 spiro atoms. The van der Waals surface area contributed by atoms with Gasteiger partial charge in [-0.2, -0.15) is 0 Å². The molecule has 0 aliphatic heterocycles. The summed E-state index contributed by atoms with van der Waals surface area (Å²) in [5.74, 6) is -1.34. The first-order valence-corrected chi connectivity index (χ1v) is 32.0. The van der Waals surface area contributed by atoms with Gasteiger partial charge in [0.15, 0.2) is 0 Å². The number of rotatable bonds is 15. The van der Waals surface area contributed by atoms with E-state index in [0.29, 0.717) is 17.1 Å². The molecule has 348 valence electrons. The number of amides is 3. The molecule has 3 N–H and O–H groups in total. The summed E-state index contributed by atoms with van der Waals surface area (Å²) in [7, 11) is 0. The zero-order valence-electron chi connectivity index (χ0n) is 39.0. The van der Waals surface area contributed by atoms with E-state index in [9.17, 15) is 14.4 Å². The van der Waals surface area contributed by atoms with E-state index in [0.717, 1.165) is 0 Å². The third-order valence-corrected chi connectivity index (χ3v) is 27.3. The van der Waals surface area contributed by atoms with Gasteiger partial charge in [-0.05, 0) is 0 Å². The first-order valence-electron chi connectivity index (χ1n) is 23.5. The molecule has 10 aromatic rings. The van der Waals surface area contributed by atoms with Crippen molar-refractivity contribution in [2.75, 3.05) is 16.0 Å². The van der Waals surface area contributed by atoms with Gasteiger partial charge in [-0.3, -0.25) is 0 Å². The molecule has 0 aromatic heterocycles. The molecule has 9 heteroatoms. The zero-order valence-corrected chi connectivity index (χ0v) is 44.7. The first kappa shape index (κ1) is 47.9. The van der Waals surface area contributed by atoms with Gasteiger partial charge in [0.2, 0.25) is 0 Å². The van der Waals surface area contributed by atoms with Crippen molar-refractivity contribution in [3.8, 4) is 0 Å². The van der Waals surface area contributed by atoms with Crippen LogP contribution in [-0.4, -0.2) is 61.7 Å². The Labute approximate surface area is 434 Å². The Kier molecular flexibility index (Phi) is 15.3. The van der Waals surface area contributed by atoms with Crippen molar-refractivity contribution >= 4 is 118 Å². The second kappa shape index (κ2) is 23.0. The van der Waals surface area contributed by atoms with Crippen LogP contribution in [0.2, 0.25) is 0 Å². The van der Waals surface area contributed by atoms with Gasteiger partial charge in [-0.15, -0.1) is 0 Å². The van der Waals surface area contributed by atoms with Crippen molar-refractivity contribution in [1.29, 1.82) is 0 Å². The minimum absolute atomic E-state index is 0.170. The summed E-state index contributed by atoms with van der Waals surface area (Å²) in [5.41, 5.74) is 2.30. The van der Waals surface area contributed by atoms with Crippen LogP contribution in [-0.2, 0) is 0 Å². The van der Waals surface area contributed by atoms with Crippen LogP contribution in [0.5, 0.6) is 0 Å². The number of anilines is 3. The molecule has 0 aliphatic rings. The predicted octanol–water partition coefficient (Wildman–Crippen LogP) is 6.99. The van der Waals surface area contributed by atoms with E-state index in [-0.39, 0.29) is 16.7 Å². The number of nitrogens with one attached hydrogen (secondary N) is 3. The Bertz CT molecular complexity index is 2910. The second-order valence-corrected chi connectivity index (χ2v) is 30.8. The van der Waals surface area contributed by atoms with Crippen molar-refractivity contribution in [1.82, 2.24) is 0 Å². The fourth-order valence-corrected chi connectivity index (χ4v) is 22.9. The summed E-state index contributed by atoms with van der Waals surface area (Å²) in [4.78, 5) is 42.8. The molecule has 0 atom stereocenters. The van der Waals surface area contributed by atoms with E-state index in [4.69, 9.17) is 0 Å². The number of benzene rings is 10. The number of hydrogen-bond donors (Lipinski definition) is 3. The van der Waals surface area contributed by atoms with Crippen LogP contribution in [0.1, 0.15) is 31.1 Å². The average molecular weight is 1120 g/mol. The van der Waals surface area contributed by atoms with Gasteiger partial charge >= 0.3 is 438 Å². The third kappa shape index (κ3) is 11.6. The van der Waals surface area contributed by atoms with E-state index in [1.165, 1.54) is 39.2 Å².